The van der Waals surface area contributed by atoms with E-state index in [9.17, 15) is 9.59 Å². The molecule has 0 spiro atoms. The number of nitrogens with one attached hydrogen (secondary N) is 1. The lowest BCUT2D eigenvalue weighted by molar-refractivity contribution is -0.139. The molecule has 9 heteroatoms. The minimum Gasteiger partial charge on any atom is -0.493 e. The molecule has 0 unspecified atom stereocenters. The first-order valence-corrected chi connectivity index (χ1v) is 9.57. The number of hydrazone groups is 1. The number of carbonyl (C=O) groups excluding carboxylic acids is 1. The van der Waals surface area contributed by atoms with Crippen LogP contribution >= 0.6 is 15.9 Å². The Bertz CT molecular complexity index is 1080. The van der Waals surface area contributed by atoms with E-state index in [2.05, 4.69) is 26.5 Å². The van der Waals surface area contributed by atoms with Crippen molar-refractivity contribution in [2.45, 2.75) is 0 Å². The van der Waals surface area contributed by atoms with E-state index >= 15 is 0 Å². The number of aromatic nitrogens is 1. The van der Waals surface area contributed by atoms with Gasteiger partial charge in [0.25, 0.3) is 5.91 Å². The third-order valence-corrected chi connectivity index (χ3v) is 4.59. The van der Waals surface area contributed by atoms with Gasteiger partial charge in [-0.25, -0.2) is 10.2 Å². The first-order chi connectivity index (χ1) is 14.5. The van der Waals surface area contributed by atoms with Crippen molar-refractivity contribution in [2.75, 3.05) is 13.7 Å². The average Bonchev–Trinajstić information content (AvgIpc) is 3.27. The lowest BCUT2D eigenvalue weighted by atomic mass is 10.1. The van der Waals surface area contributed by atoms with Gasteiger partial charge < -0.3 is 19.1 Å². The van der Waals surface area contributed by atoms with Gasteiger partial charge in [0.15, 0.2) is 18.1 Å². The summed E-state index contributed by atoms with van der Waals surface area (Å²) in [6.45, 7) is -0.501. The fraction of sp³-hybridized carbons (Fsp3) is 0.0952. The van der Waals surface area contributed by atoms with Crippen molar-refractivity contribution < 1.29 is 24.2 Å². The fourth-order valence-electron chi connectivity index (χ4n) is 2.70. The van der Waals surface area contributed by atoms with Crippen LogP contribution in [0.1, 0.15) is 15.9 Å². The summed E-state index contributed by atoms with van der Waals surface area (Å²) >= 11 is 3.33. The van der Waals surface area contributed by atoms with Gasteiger partial charge >= 0.3 is 5.97 Å². The van der Waals surface area contributed by atoms with Gasteiger partial charge in [0.1, 0.15) is 0 Å². The number of rotatable bonds is 8. The van der Waals surface area contributed by atoms with Crippen LogP contribution < -0.4 is 14.9 Å². The van der Waals surface area contributed by atoms with Crippen molar-refractivity contribution in [1.82, 2.24) is 9.99 Å². The van der Waals surface area contributed by atoms with Gasteiger partial charge in [-0.3, -0.25) is 4.79 Å². The van der Waals surface area contributed by atoms with Crippen molar-refractivity contribution >= 4 is 34.0 Å². The highest BCUT2D eigenvalue weighted by atomic mass is 79.9. The van der Waals surface area contributed by atoms with Crippen LogP contribution in [0.2, 0.25) is 0 Å². The second kappa shape index (κ2) is 9.75. The highest BCUT2D eigenvalue weighted by Crippen LogP contribution is 2.36. The van der Waals surface area contributed by atoms with Gasteiger partial charge in [-0.15, -0.1) is 0 Å². The van der Waals surface area contributed by atoms with E-state index in [1.165, 1.54) is 13.3 Å². The minimum atomic E-state index is -1.10. The number of carboxylic acids is 1. The Morgan fingerprint density at radius 1 is 1.20 bits per heavy atom. The minimum absolute atomic E-state index is 0.265. The summed E-state index contributed by atoms with van der Waals surface area (Å²) in [5.41, 5.74) is 4.33. The Morgan fingerprint density at radius 3 is 2.63 bits per heavy atom. The molecule has 1 amide bonds. The van der Waals surface area contributed by atoms with E-state index in [1.54, 1.807) is 24.3 Å². The van der Waals surface area contributed by atoms with Crippen LogP contribution in [0, 0.1) is 0 Å². The van der Waals surface area contributed by atoms with E-state index in [0.717, 1.165) is 5.69 Å². The van der Waals surface area contributed by atoms with Crippen LogP contribution in [0.3, 0.4) is 0 Å². The summed E-state index contributed by atoms with van der Waals surface area (Å²) in [5, 5.41) is 12.8. The number of aliphatic carboxylic acids is 1. The molecule has 2 aromatic carbocycles. The first kappa shape index (κ1) is 21.1. The van der Waals surface area contributed by atoms with Crippen LogP contribution in [0.25, 0.3) is 5.69 Å². The summed E-state index contributed by atoms with van der Waals surface area (Å²) in [5.74, 6) is -0.862. The molecule has 3 aromatic rings. The number of hydrogen-bond acceptors (Lipinski definition) is 5. The predicted molar refractivity (Wildman–Crippen MR) is 115 cm³/mol. The predicted octanol–water partition coefficient (Wildman–Crippen LogP) is 3.48. The van der Waals surface area contributed by atoms with Crippen LogP contribution in [0.15, 0.2) is 70.5 Å². The zero-order valence-electron chi connectivity index (χ0n) is 15.9. The molecule has 0 aliphatic rings. The molecule has 0 saturated carbocycles. The largest absolute Gasteiger partial charge is 0.493 e. The van der Waals surface area contributed by atoms with Gasteiger partial charge in [-0.2, -0.15) is 5.10 Å². The smallest absolute Gasteiger partial charge is 0.341 e. The maximum Gasteiger partial charge on any atom is 0.341 e. The Morgan fingerprint density at radius 2 is 1.93 bits per heavy atom. The molecule has 154 valence electrons. The van der Waals surface area contributed by atoms with Gasteiger partial charge in [0.2, 0.25) is 0 Å². The van der Waals surface area contributed by atoms with Crippen LogP contribution in [-0.2, 0) is 4.79 Å². The van der Waals surface area contributed by atoms with E-state index < -0.39 is 12.6 Å². The van der Waals surface area contributed by atoms with Crippen LogP contribution in [0.4, 0.5) is 0 Å². The number of halogens is 1. The number of hydrogen-bond donors (Lipinski definition) is 2. The fourth-order valence-corrected chi connectivity index (χ4v) is 3.27. The number of ether oxygens (including phenoxy) is 2. The highest BCUT2D eigenvalue weighted by molar-refractivity contribution is 9.10. The third-order valence-electron chi connectivity index (χ3n) is 4.00. The normalized spacial score (nSPS) is 10.7. The molecule has 0 saturated heterocycles. The van der Waals surface area contributed by atoms with E-state index in [-0.39, 0.29) is 11.7 Å². The summed E-state index contributed by atoms with van der Waals surface area (Å²) in [4.78, 5) is 23.3. The number of amides is 1. The monoisotopic (exact) mass is 471 g/mol. The molecule has 30 heavy (non-hydrogen) atoms. The molecule has 1 aromatic heterocycles. The molecule has 0 aliphatic carbocycles. The van der Waals surface area contributed by atoms with Gasteiger partial charge in [0.05, 0.1) is 29.0 Å². The molecule has 0 radical (unpaired) electrons. The maximum absolute atomic E-state index is 12.6. The number of nitrogens with zero attached hydrogens (tertiary/aromatic N) is 2. The molecule has 2 N–H and O–H groups in total. The van der Waals surface area contributed by atoms with Crippen LogP contribution in [-0.4, -0.2) is 41.5 Å². The summed E-state index contributed by atoms with van der Waals surface area (Å²) in [6, 6.07) is 14.2. The molecule has 1 heterocycles. The Kier molecular flexibility index (Phi) is 6.87. The Labute approximate surface area is 180 Å². The second-order valence-electron chi connectivity index (χ2n) is 6.02. The molecule has 0 aliphatic heterocycles. The lowest BCUT2D eigenvalue weighted by Gasteiger charge is -2.12. The quantitative estimate of drug-likeness (QED) is 0.386. The van der Waals surface area contributed by atoms with Crippen molar-refractivity contribution in [2.24, 2.45) is 5.10 Å². The molecule has 0 bridgehead atoms. The molecule has 0 fully saturated rings. The number of para-hydroxylation sites is 1. The molecule has 8 nitrogen and oxygen atoms in total. The summed E-state index contributed by atoms with van der Waals surface area (Å²) < 4.78 is 12.8. The molecule has 0 atom stereocenters. The van der Waals surface area contributed by atoms with Crippen molar-refractivity contribution in [3.8, 4) is 17.2 Å². The number of carboxylic acid groups (broad SMARTS) is 1. The molecular formula is C21H18BrN3O5. The van der Waals surface area contributed by atoms with Gasteiger partial charge in [-0.05, 0) is 57.9 Å². The van der Waals surface area contributed by atoms with Crippen molar-refractivity contribution in [1.29, 1.82) is 0 Å². The SMILES string of the molecule is COc1cc(C=NNC(=O)c2ccccc2-n2cccc2)cc(Br)c1OCC(=O)O. The van der Waals surface area contributed by atoms with Crippen molar-refractivity contribution in [3.05, 3.63) is 76.5 Å². The van der Waals surface area contributed by atoms with Gasteiger partial charge in [-0.1, -0.05) is 12.1 Å². The Balaban J connectivity index is 1.75. The van der Waals surface area contributed by atoms with Crippen molar-refractivity contribution in [3.63, 3.8) is 0 Å². The third kappa shape index (κ3) is 5.06. The lowest BCUT2D eigenvalue weighted by Crippen LogP contribution is -2.19. The zero-order chi connectivity index (χ0) is 21.5. The number of methoxy groups -OCH3 is 1. The number of carbonyl (C=O) groups is 2. The second-order valence-corrected chi connectivity index (χ2v) is 6.88. The number of benzene rings is 2. The topological polar surface area (TPSA) is 102 Å². The van der Waals surface area contributed by atoms with Gasteiger partial charge in [0, 0.05) is 12.4 Å². The van der Waals surface area contributed by atoms with E-state index in [0.29, 0.717) is 21.3 Å². The van der Waals surface area contributed by atoms with Crippen LogP contribution in [0.5, 0.6) is 11.5 Å². The Hall–Kier alpha value is -3.59. The summed E-state index contributed by atoms with van der Waals surface area (Å²) in [6.07, 6.45) is 5.16. The standard InChI is InChI=1S/C21H18BrN3O5/c1-29-18-11-14(10-16(22)20(18)30-13-19(26)27)12-23-24-21(28)15-6-2-3-7-17(15)25-8-4-5-9-25/h2-12H,13H2,1H3,(H,24,28)(H,26,27). The molecular weight excluding hydrogens is 454 g/mol. The van der Waals surface area contributed by atoms with E-state index in [4.69, 9.17) is 14.6 Å². The highest BCUT2D eigenvalue weighted by Gasteiger charge is 2.13. The average molecular weight is 472 g/mol. The summed E-state index contributed by atoms with van der Waals surface area (Å²) in [7, 11) is 1.44. The molecule has 3 rings (SSSR count). The van der Waals surface area contributed by atoms with E-state index in [1.807, 2.05) is 41.2 Å². The zero-order valence-corrected chi connectivity index (χ0v) is 17.5. The first-order valence-electron chi connectivity index (χ1n) is 8.77. The maximum atomic E-state index is 12.6.